The molecule has 1 N–H and O–H groups in total. The molecule has 0 radical (unpaired) electrons. The van der Waals surface area contributed by atoms with Crippen molar-refractivity contribution in [3.05, 3.63) is 89.5 Å². The number of hydrogen-bond acceptors (Lipinski definition) is 4. The third-order valence-electron chi connectivity index (χ3n) is 6.01. The van der Waals surface area contributed by atoms with Crippen LogP contribution in [0.5, 0.6) is 0 Å². The zero-order chi connectivity index (χ0) is 22.5. The van der Waals surface area contributed by atoms with Crippen LogP contribution in [-0.4, -0.2) is 63.9 Å². The molecule has 1 aromatic heterocycles. The molecule has 2 aromatic carbocycles. The predicted molar refractivity (Wildman–Crippen MR) is 123 cm³/mol. The SMILES string of the molecule is CNC(=O)[C@@H]1CN(C(=O)c2cccc(Cn3ccnc3C)c2)CCN1Cc1ccccc1. The Bertz CT molecular complexity index is 1080. The molecule has 2 heterocycles. The van der Waals surface area contributed by atoms with Gasteiger partial charge in [-0.05, 0) is 30.2 Å². The highest BCUT2D eigenvalue weighted by Crippen LogP contribution is 2.18. The van der Waals surface area contributed by atoms with E-state index in [0.717, 1.165) is 17.0 Å². The van der Waals surface area contributed by atoms with E-state index in [0.29, 0.717) is 38.3 Å². The normalized spacial score (nSPS) is 16.7. The molecule has 0 spiro atoms. The van der Waals surface area contributed by atoms with E-state index >= 15 is 0 Å². The minimum atomic E-state index is -0.380. The Kier molecular flexibility index (Phi) is 6.66. The summed E-state index contributed by atoms with van der Waals surface area (Å²) >= 11 is 0. The average Bonchev–Trinajstić information content (AvgIpc) is 3.23. The van der Waals surface area contributed by atoms with Crippen LogP contribution in [0.25, 0.3) is 0 Å². The second-order valence-corrected chi connectivity index (χ2v) is 8.14. The molecule has 1 saturated heterocycles. The van der Waals surface area contributed by atoms with Gasteiger partial charge < -0.3 is 14.8 Å². The standard InChI is InChI=1S/C25H29N5O2/c1-19-27-11-12-28(19)17-21-9-6-10-22(15-21)25(32)30-14-13-29(23(18-30)24(31)26-2)16-20-7-4-3-5-8-20/h3-12,15,23H,13-14,16-18H2,1-2H3,(H,26,31)/t23-/m0/s1. The van der Waals surface area contributed by atoms with Gasteiger partial charge in [-0.1, -0.05) is 42.5 Å². The number of rotatable bonds is 6. The largest absolute Gasteiger partial charge is 0.358 e. The van der Waals surface area contributed by atoms with Gasteiger partial charge in [-0.15, -0.1) is 0 Å². The first-order chi connectivity index (χ1) is 15.5. The first-order valence-electron chi connectivity index (χ1n) is 10.9. The number of carbonyl (C=O) groups excluding carboxylic acids is 2. The first kappa shape index (κ1) is 21.8. The maximum Gasteiger partial charge on any atom is 0.253 e. The lowest BCUT2D eigenvalue weighted by molar-refractivity contribution is -0.128. The van der Waals surface area contributed by atoms with Gasteiger partial charge in [-0.3, -0.25) is 14.5 Å². The Morgan fingerprint density at radius 1 is 1.03 bits per heavy atom. The van der Waals surface area contributed by atoms with E-state index in [4.69, 9.17) is 0 Å². The molecule has 1 fully saturated rings. The Balaban J connectivity index is 1.48. The molecule has 166 valence electrons. The van der Waals surface area contributed by atoms with Gasteiger partial charge in [-0.2, -0.15) is 0 Å². The van der Waals surface area contributed by atoms with Crippen molar-refractivity contribution in [3.8, 4) is 0 Å². The lowest BCUT2D eigenvalue weighted by Gasteiger charge is -2.40. The number of hydrogen-bond donors (Lipinski definition) is 1. The van der Waals surface area contributed by atoms with Crippen molar-refractivity contribution >= 4 is 11.8 Å². The number of aromatic nitrogens is 2. The first-order valence-corrected chi connectivity index (χ1v) is 10.9. The predicted octanol–water partition coefficient (Wildman–Crippen LogP) is 2.31. The van der Waals surface area contributed by atoms with Gasteiger partial charge in [0.2, 0.25) is 5.91 Å². The average molecular weight is 432 g/mol. The van der Waals surface area contributed by atoms with Crippen molar-refractivity contribution in [1.82, 2.24) is 24.7 Å². The van der Waals surface area contributed by atoms with E-state index in [9.17, 15) is 9.59 Å². The van der Waals surface area contributed by atoms with Crippen LogP contribution in [0, 0.1) is 6.92 Å². The summed E-state index contributed by atoms with van der Waals surface area (Å²) < 4.78 is 2.05. The summed E-state index contributed by atoms with van der Waals surface area (Å²) in [5.41, 5.74) is 2.85. The quantitative estimate of drug-likeness (QED) is 0.650. The second kappa shape index (κ2) is 9.78. The zero-order valence-electron chi connectivity index (χ0n) is 18.6. The van der Waals surface area contributed by atoms with Crippen molar-refractivity contribution in [1.29, 1.82) is 0 Å². The summed E-state index contributed by atoms with van der Waals surface area (Å²) in [5.74, 6) is 0.829. The molecule has 1 aliphatic heterocycles. The van der Waals surface area contributed by atoms with Crippen LogP contribution in [0.4, 0.5) is 0 Å². The molecule has 7 nitrogen and oxygen atoms in total. The topological polar surface area (TPSA) is 70.5 Å². The van der Waals surface area contributed by atoms with E-state index in [2.05, 4.69) is 27.3 Å². The molecule has 0 unspecified atom stereocenters. The Morgan fingerprint density at radius 2 is 1.81 bits per heavy atom. The summed E-state index contributed by atoms with van der Waals surface area (Å²) in [6.07, 6.45) is 3.71. The number of aryl methyl sites for hydroxylation is 1. The molecule has 1 aliphatic rings. The molecule has 0 saturated carbocycles. The Hall–Kier alpha value is -3.45. The molecule has 1 atom stereocenters. The highest BCUT2D eigenvalue weighted by atomic mass is 16.2. The van der Waals surface area contributed by atoms with Crippen molar-refractivity contribution in [2.75, 3.05) is 26.7 Å². The van der Waals surface area contributed by atoms with Crippen LogP contribution in [0.15, 0.2) is 67.0 Å². The van der Waals surface area contributed by atoms with Gasteiger partial charge in [0.05, 0.1) is 0 Å². The van der Waals surface area contributed by atoms with E-state index in [1.165, 1.54) is 0 Å². The Labute approximate surface area is 188 Å². The zero-order valence-corrected chi connectivity index (χ0v) is 18.6. The van der Waals surface area contributed by atoms with E-state index in [-0.39, 0.29) is 17.9 Å². The third kappa shape index (κ3) is 4.89. The number of nitrogens with one attached hydrogen (secondary N) is 1. The van der Waals surface area contributed by atoms with E-state index < -0.39 is 0 Å². The van der Waals surface area contributed by atoms with E-state index in [1.807, 2.05) is 60.2 Å². The van der Waals surface area contributed by atoms with Crippen LogP contribution in [0.2, 0.25) is 0 Å². The number of nitrogens with zero attached hydrogens (tertiary/aromatic N) is 4. The molecule has 2 amide bonds. The summed E-state index contributed by atoms with van der Waals surface area (Å²) in [7, 11) is 1.64. The van der Waals surface area contributed by atoms with Crippen molar-refractivity contribution in [2.24, 2.45) is 0 Å². The Morgan fingerprint density at radius 3 is 2.53 bits per heavy atom. The maximum atomic E-state index is 13.3. The van der Waals surface area contributed by atoms with Crippen molar-refractivity contribution in [3.63, 3.8) is 0 Å². The van der Waals surface area contributed by atoms with Crippen LogP contribution >= 0.6 is 0 Å². The molecule has 0 bridgehead atoms. The van der Waals surface area contributed by atoms with Crippen molar-refractivity contribution < 1.29 is 9.59 Å². The molecule has 7 heteroatoms. The van der Waals surface area contributed by atoms with Gasteiger partial charge in [0.25, 0.3) is 5.91 Å². The van der Waals surface area contributed by atoms with Gasteiger partial charge in [-0.25, -0.2) is 4.98 Å². The molecular formula is C25H29N5O2. The molecular weight excluding hydrogens is 402 g/mol. The third-order valence-corrected chi connectivity index (χ3v) is 6.01. The lowest BCUT2D eigenvalue weighted by atomic mass is 10.1. The monoisotopic (exact) mass is 431 g/mol. The van der Waals surface area contributed by atoms with Gasteiger partial charge >= 0.3 is 0 Å². The second-order valence-electron chi connectivity index (χ2n) is 8.14. The lowest BCUT2D eigenvalue weighted by Crippen LogP contribution is -2.59. The van der Waals surface area contributed by atoms with Crippen LogP contribution in [-0.2, 0) is 17.9 Å². The highest BCUT2D eigenvalue weighted by molar-refractivity contribution is 5.95. The number of piperazine rings is 1. The van der Waals surface area contributed by atoms with Crippen molar-refractivity contribution in [2.45, 2.75) is 26.1 Å². The van der Waals surface area contributed by atoms with Crippen LogP contribution in [0.1, 0.15) is 27.3 Å². The number of amides is 2. The smallest absolute Gasteiger partial charge is 0.253 e. The summed E-state index contributed by atoms with van der Waals surface area (Å²) in [6.45, 7) is 4.91. The fourth-order valence-corrected chi connectivity index (χ4v) is 4.18. The fraction of sp³-hybridized carbons (Fsp3) is 0.320. The molecule has 32 heavy (non-hydrogen) atoms. The number of imidazole rings is 1. The van der Waals surface area contributed by atoms with Gasteiger partial charge in [0.1, 0.15) is 11.9 Å². The van der Waals surface area contributed by atoms with E-state index in [1.54, 1.807) is 18.1 Å². The molecule has 3 aromatic rings. The highest BCUT2D eigenvalue weighted by Gasteiger charge is 2.34. The minimum absolute atomic E-state index is 0.0394. The summed E-state index contributed by atoms with van der Waals surface area (Å²) in [4.78, 5) is 34.1. The van der Waals surface area contributed by atoms with Crippen LogP contribution < -0.4 is 5.32 Å². The van der Waals surface area contributed by atoms with Gasteiger partial charge in [0, 0.05) is 57.7 Å². The number of benzene rings is 2. The number of carbonyl (C=O) groups is 2. The minimum Gasteiger partial charge on any atom is -0.358 e. The molecule has 0 aliphatic carbocycles. The van der Waals surface area contributed by atoms with Gasteiger partial charge in [0.15, 0.2) is 0 Å². The fourth-order valence-electron chi connectivity index (χ4n) is 4.18. The van der Waals surface area contributed by atoms with Crippen LogP contribution in [0.3, 0.4) is 0 Å². The maximum absolute atomic E-state index is 13.3. The molecule has 4 rings (SSSR count). The summed E-state index contributed by atoms with van der Waals surface area (Å²) in [6, 6.07) is 17.4. The number of likely N-dealkylation sites (N-methyl/N-ethyl adjacent to an activating group) is 1. The summed E-state index contributed by atoms with van der Waals surface area (Å²) in [5, 5.41) is 2.76.